The summed E-state index contributed by atoms with van der Waals surface area (Å²) in [6.45, 7) is 8.25. The molecule has 0 saturated carbocycles. The van der Waals surface area contributed by atoms with Gasteiger partial charge in [0, 0.05) is 53.9 Å². The van der Waals surface area contributed by atoms with E-state index in [0.717, 1.165) is 30.0 Å². The molecule has 1 saturated heterocycles. The van der Waals surface area contributed by atoms with Crippen molar-refractivity contribution in [2.45, 2.75) is 49.7 Å². The summed E-state index contributed by atoms with van der Waals surface area (Å²) >= 11 is 7.17. The number of thioether (sulfide) groups is 1. The lowest BCUT2D eigenvalue weighted by atomic mass is 9.96. The van der Waals surface area contributed by atoms with E-state index >= 15 is 0 Å². The van der Waals surface area contributed by atoms with Crippen LogP contribution in [0.2, 0.25) is 5.02 Å². The third kappa shape index (κ3) is 6.07. The molecule has 0 N–H and O–H groups in total. The quantitative estimate of drug-likeness (QED) is 0.186. The standard InChI is InChI=1S/C30H31ClF4N4O4S/c1-5-24(40)39-16(2)12-37(13-17(39)3)28-20-11-21(30(33,34)35)25(18-6-7-23(32)22(31)10-18)27-26(20)38(29(41)36-28)14-19(15-44-27)43-9-8-42-4/h5-7,10-11,16-17,19H,1,8-9,12-15H2,2-4H3/t16-,17+,19-/m1/s1. The number of hydrogen-bond acceptors (Lipinski definition) is 7. The summed E-state index contributed by atoms with van der Waals surface area (Å²) in [4.78, 5) is 34.2. The average molecular weight is 655 g/mol. The van der Waals surface area contributed by atoms with E-state index in [-0.39, 0.29) is 87.8 Å². The zero-order chi connectivity index (χ0) is 31.9. The van der Waals surface area contributed by atoms with E-state index in [9.17, 15) is 27.2 Å². The van der Waals surface area contributed by atoms with Crippen molar-refractivity contribution in [1.82, 2.24) is 14.5 Å². The maximum absolute atomic E-state index is 14.9. The van der Waals surface area contributed by atoms with E-state index in [2.05, 4.69) is 11.6 Å². The van der Waals surface area contributed by atoms with Crippen molar-refractivity contribution >= 4 is 46.0 Å². The van der Waals surface area contributed by atoms with Gasteiger partial charge in [-0.2, -0.15) is 18.2 Å². The summed E-state index contributed by atoms with van der Waals surface area (Å²) in [5, 5.41) is -0.193. The first-order valence-corrected chi connectivity index (χ1v) is 15.3. The fraction of sp³-hybridized carbons (Fsp3) is 0.433. The molecule has 2 aliphatic heterocycles. The van der Waals surface area contributed by atoms with Crippen molar-refractivity contribution in [3.63, 3.8) is 0 Å². The molecule has 236 valence electrons. The Morgan fingerprint density at radius 2 is 1.89 bits per heavy atom. The average Bonchev–Trinajstić information content (AvgIpc) is 3.16. The number of aromatic nitrogens is 2. The van der Waals surface area contributed by atoms with Gasteiger partial charge in [-0.1, -0.05) is 24.2 Å². The number of piperazine rings is 1. The molecule has 44 heavy (non-hydrogen) atoms. The highest BCUT2D eigenvalue weighted by Gasteiger charge is 2.40. The minimum atomic E-state index is -4.82. The Balaban J connectivity index is 1.78. The molecule has 14 heteroatoms. The molecule has 1 aromatic heterocycles. The molecule has 3 aromatic rings. The van der Waals surface area contributed by atoms with E-state index in [1.165, 1.54) is 23.8 Å². The summed E-state index contributed by atoms with van der Waals surface area (Å²) < 4.78 is 71.2. The second-order valence-corrected chi connectivity index (χ2v) is 12.3. The maximum atomic E-state index is 14.9. The number of carbonyl (C=O) groups excluding carboxylic acids is 1. The van der Waals surface area contributed by atoms with Gasteiger partial charge >= 0.3 is 11.9 Å². The lowest BCUT2D eigenvalue weighted by molar-refractivity contribution is -0.137. The normalized spacial score (nSPS) is 20.6. The summed E-state index contributed by atoms with van der Waals surface area (Å²) in [6, 6.07) is 3.75. The van der Waals surface area contributed by atoms with Gasteiger partial charge in [0.15, 0.2) is 0 Å². The molecule has 8 nitrogen and oxygen atoms in total. The van der Waals surface area contributed by atoms with Gasteiger partial charge in [0.05, 0.1) is 42.0 Å². The summed E-state index contributed by atoms with van der Waals surface area (Å²) in [7, 11) is 1.52. The lowest BCUT2D eigenvalue weighted by Gasteiger charge is -2.44. The van der Waals surface area contributed by atoms with Crippen LogP contribution < -0.4 is 10.6 Å². The fourth-order valence-corrected chi connectivity index (χ4v) is 7.44. The zero-order valence-electron chi connectivity index (χ0n) is 24.3. The van der Waals surface area contributed by atoms with Gasteiger partial charge < -0.3 is 19.3 Å². The molecule has 5 rings (SSSR count). The van der Waals surface area contributed by atoms with Gasteiger partial charge in [-0.25, -0.2) is 9.18 Å². The number of methoxy groups -OCH3 is 1. The van der Waals surface area contributed by atoms with Crippen LogP contribution in [0.25, 0.3) is 22.0 Å². The van der Waals surface area contributed by atoms with Crippen molar-refractivity contribution in [3.8, 4) is 11.1 Å². The molecular weight excluding hydrogens is 624 g/mol. The molecule has 0 bridgehead atoms. The Hall–Kier alpha value is -3.13. The van der Waals surface area contributed by atoms with Gasteiger partial charge in [0.1, 0.15) is 11.6 Å². The first-order chi connectivity index (χ1) is 20.8. The summed E-state index contributed by atoms with van der Waals surface area (Å²) in [6.07, 6.45) is -4.14. The number of rotatable bonds is 7. The van der Waals surface area contributed by atoms with Crippen molar-refractivity contribution in [1.29, 1.82) is 0 Å². The first kappa shape index (κ1) is 32.3. The fourth-order valence-electron chi connectivity index (χ4n) is 5.97. The molecule has 0 spiro atoms. The van der Waals surface area contributed by atoms with Crippen LogP contribution >= 0.6 is 23.4 Å². The van der Waals surface area contributed by atoms with Crippen LogP contribution in [0.1, 0.15) is 19.4 Å². The SMILES string of the molecule is C=CC(=O)N1[C@H](C)CN(c2nc(=O)n3c4c(c(-c5ccc(F)c(Cl)c5)c(C(F)(F)F)cc24)SC[C@H](OCCOC)C3)C[C@@H]1C. The van der Waals surface area contributed by atoms with Crippen LogP contribution in [-0.4, -0.2) is 77.7 Å². The number of carbonyl (C=O) groups is 1. The van der Waals surface area contributed by atoms with Gasteiger partial charge in [0.25, 0.3) is 0 Å². The summed E-state index contributed by atoms with van der Waals surface area (Å²) in [5.74, 6) is -0.700. The molecule has 3 atom stereocenters. The Morgan fingerprint density at radius 3 is 2.50 bits per heavy atom. The Kier molecular flexibility index (Phi) is 9.31. The predicted molar refractivity (Wildman–Crippen MR) is 162 cm³/mol. The highest BCUT2D eigenvalue weighted by Crippen LogP contribution is 2.48. The maximum Gasteiger partial charge on any atom is 0.417 e. The number of nitrogens with zero attached hydrogens (tertiary/aromatic N) is 4. The molecule has 2 aliphatic rings. The molecular formula is C30H31ClF4N4O4S. The van der Waals surface area contributed by atoms with Crippen LogP contribution in [0, 0.1) is 5.82 Å². The molecule has 3 heterocycles. The molecule has 1 fully saturated rings. The minimum Gasteiger partial charge on any atom is -0.382 e. The molecule has 0 aliphatic carbocycles. The van der Waals surface area contributed by atoms with Crippen LogP contribution in [0.5, 0.6) is 0 Å². The van der Waals surface area contributed by atoms with Gasteiger partial charge in [0.2, 0.25) is 5.91 Å². The van der Waals surface area contributed by atoms with Crippen LogP contribution in [0.4, 0.5) is 23.4 Å². The number of ether oxygens (including phenoxy) is 2. The largest absolute Gasteiger partial charge is 0.417 e. The number of halogens is 5. The predicted octanol–water partition coefficient (Wildman–Crippen LogP) is 5.62. The van der Waals surface area contributed by atoms with E-state index in [1.54, 1.807) is 9.80 Å². The number of alkyl halides is 3. The molecule has 0 unspecified atom stereocenters. The second kappa shape index (κ2) is 12.7. The molecule has 0 radical (unpaired) electrons. The number of amides is 1. The van der Waals surface area contributed by atoms with Crippen molar-refractivity contribution < 1.29 is 31.8 Å². The van der Waals surface area contributed by atoms with E-state index in [4.69, 9.17) is 21.1 Å². The number of hydrogen-bond donors (Lipinski definition) is 0. The first-order valence-electron chi connectivity index (χ1n) is 13.9. The Labute approximate surface area is 260 Å². The molecule has 2 aromatic carbocycles. The lowest BCUT2D eigenvalue weighted by Crippen LogP contribution is -2.58. The van der Waals surface area contributed by atoms with Crippen LogP contribution in [0.15, 0.2) is 46.6 Å². The third-order valence-corrected chi connectivity index (χ3v) is 9.31. The van der Waals surface area contributed by atoms with Crippen molar-refractivity contribution in [3.05, 3.63) is 63.8 Å². The third-order valence-electron chi connectivity index (χ3n) is 7.80. The number of anilines is 1. The van der Waals surface area contributed by atoms with Gasteiger partial charge in [-0.05, 0) is 43.7 Å². The van der Waals surface area contributed by atoms with E-state index < -0.39 is 29.4 Å². The highest BCUT2D eigenvalue weighted by molar-refractivity contribution is 7.99. The minimum absolute atomic E-state index is 0.0513. The van der Waals surface area contributed by atoms with Gasteiger partial charge in [-0.15, -0.1) is 11.8 Å². The molecule has 1 amide bonds. The van der Waals surface area contributed by atoms with Crippen molar-refractivity contribution in [2.75, 3.05) is 44.1 Å². The van der Waals surface area contributed by atoms with E-state index in [1.807, 2.05) is 13.8 Å². The summed E-state index contributed by atoms with van der Waals surface area (Å²) in [5.41, 5.74) is -1.49. The Morgan fingerprint density at radius 1 is 1.18 bits per heavy atom. The smallest absolute Gasteiger partial charge is 0.382 e. The van der Waals surface area contributed by atoms with Crippen LogP contribution in [0.3, 0.4) is 0 Å². The Bertz CT molecular complexity index is 1650. The van der Waals surface area contributed by atoms with Gasteiger partial charge in [-0.3, -0.25) is 9.36 Å². The highest BCUT2D eigenvalue weighted by atomic mass is 35.5. The monoisotopic (exact) mass is 654 g/mol. The number of benzene rings is 2. The van der Waals surface area contributed by atoms with Crippen LogP contribution in [-0.2, 0) is 27.0 Å². The zero-order valence-corrected chi connectivity index (χ0v) is 25.9. The second-order valence-electron chi connectivity index (χ2n) is 10.8. The topological polar surface area (TPSA) is 76.9 Å². The van der Waals surface area contributed by atoms with Crippen molar-refractivity contribution in [2.24, 2.45) is 0 Å². The van der Waals surface area contributed by atoms with E-state index in [0.29, 0.717) is 6.61 Å².